The van der Waals surface area contributed by atoms with Crippen LogP contribution in [0.3, 0.4) is 0 Å². The molecular weight excluding hydrogens is 262 g/mol. The van der Waals surface area contributed by atoms with Crippen molar-refractivity contribution < 1.29 is 19.2 Å². The molecule has 2 aromatic heterocycles. The molecule has 0 aliphatic carbocycles. The third kappa shape index (κ3) is 2.94. The summed E-state index contributed by atoms with van der Waals surface area (Å²) in [6, 6.07) is 1.67. The maximum absolute atomic E-state index is 12.2. The van der Waals surface area contributed by atoms with E-state index in [1.807, 2.05) is 0 Å². The molecule has 108 valence electrons. The van der Waals surface area contributed by atoms with E-state index in [-0.39, 0.29) is 19.1 Å². The molecule has 20 heavy (non-hydrogen) atoms. The predicted octanol–water partition coefficient (Wildman–Crippen LogP) is 0.577. The second kappa shape index (κ2) is 5.98. The van der Waals surface area contributed by atoms with E-state index in [9.17, 15) is 9.90 Å². The minimum absolute atomic E-state index is 0.111. The number of aromatic nitrogens is 2. The van der Waals surface area contributed by atoms with Crippen LogP contribution in [0.15, 0.2) is 10.6 Å². The monoisotopic (exact) mass is 279 g/mol. The molecular formula is C13H17N3O4. The van der Waals surface area contributed by atoms with Gasteiger partial charge >= 0.3 is 0 Å². The smallest absolute Gasteiger partial charge is 0.258 e. The molecule has 2 N–H and O–H groups in total. The SMILES string of the molecule is COCC(O)CNC(=O)c1cc(C)nc2onc(C)c12. The number of pyridine rings is 1. The van der Waals surface area contributed by atoms with Crippen molar-refractivity contribution >= 4 is 17.0 Å². The minimum Gasteiger partial charge on any atom is -0.389 e. The molecule has 0 fully saturated rings. The maximum Gasteiger partial charge on any atom is 0.258 e. The molecule has 1 amide bonds. The van der Waals surface area contributed by atoms with Gasteiger partial charge in [0, 0.05) is 19.3 Å². The highest BCUT2D eigenvalue weighted by Gasteiger charge is 2.18. The lowest BCUT2D eigenvalue weighted by Crippen LogP contribution is -2.34. The van der Waals surface area contributed by atoms with Crippen LogP contribution in [-0.2, 0) is 4.74 Å². The Labute approximate surface area is 115 Å². The summed E-state index contributed by atoms with van der Waals surface area (Å²) in [7, 11) is 1.49. The van der Waals surface area contributed by atoms with Gasteiger partial charge in [-0.05, 0) is 19.9 Å². The quantitative estimate of drug-likeness (QED) is 0.830. The average Bonchev–Trinajstić information content (AvgIpc) is 2.77. The van der Waals surface area contributed by atoms with Crippen molar-refractivity contribution in [1.29, 1.82) is 0 Å². The molecule has 7 heteroatoms. The van der Waals surface area contributed by atoms with Gasteiger partial charge in [0.2, 0.25) is 0 Å². The van der Waals surface area contributed by atoms with Crippen molar-refractivity contribution in [2.75, 3.05) is 20.3 Å². The first-order valence-corrected chi connectivity index (χ1v) is 6.21. The molecule has 2 aromatic rings. The summed E-state index contributed by atoms with van der Waals surface area (Å²) in [5.74, 6) is -0.304. The van der Waals surface area contributed by atoms with E-state index in [0.717, 1.165) is 0 Å². The van der Waals surface area contributed by atoms with Gasteiger partial charge in [-0.25, -0.2) is 4.98 Å². The van der Waals surface area contributed by atoms with Crippen LogP contribution in [0.5, 0.6) is 0 Å². The fraction of sp³-hybridized carbons (Fsp3) is 0.462. The standard InChI is InChI=1S/C13H17N3O4/c1-7-4-10(11-8(2)16-20-13(11)15-7)12(18)14-5-9(17)6-19-3/h4,9,17H,5-6H2,1-3H3,(H,14,18). The number of methoxy groups -OCH3 is 1. The van der Waals surface area contributed by atoms with Gasteiger partial charge in [-0.3, -0.25) is 4.79 Å². The van der Waals surface area contributed by atoms with E-state index in [2.05, 4.69) is 15.5 Å². The summed E-state index contributed by atoms with van der Waals surface area (Å²) in [5, 5.41) is 16.6. The third-order valence-electron chi connectivity index (χ3n) is 2.85. The van der Waals surface area contributed by atoms with Crippen LogP contribution in [0, 0.1) is 13.8 Å². The highest BCUT2D eigenvalue weighted by molar-refractivity contribution is 6.06. The lowest BCUT2D eigenvalue weighted by atomic mass is 10.1. The number of amides is 1. The first-order chi connectivity index (χ1) is 9.52. The Morgan fingerprint density at radius 2 is 2.30 bits per heavy atom. The summed E-state index contributed by atoms with van der Waals surface area (Å²) in [4.78, 5) is 16.4. The Bertz CT molecular complexity index is 623. The normalized spacial score (nSPS) is 12.6. The lowest BCUT2D eigenvalue weighted by Gasteiger charge is -2.11. The summed E-state index contributed by atoms with van der Waals surface area (Å²) in [6.45, 7) is 3.80. The van der Waals surface area contributed by atoms with Crippen molar-refractivity contribution in [1.82, 2.24) is 15.5 Å². The van der Waals surface area contributed by atoms with Crippen LogP contribution in [0.4, 0.5) is 0 Å². The number of hydrogen-bond acceptors (Lipinski definition) is 6. The van der Waals surface area contributed by atoms with E-state index in [1.54, 1.807) is 19.9 Å². The van der Waals surface area contributed by atoms with Gasteiger partial charge < -0.3 is 19.7 Å². The van der Waals surface area contributed by atoms with Gasteiger partial charge in [0.15, 0.2) is 0 Å². The molecule has 0 spiro atoms. The average molecular weight is 279 g/mol. The number of rotatable bonds is 5. The molecule has 0 aromatic carbocycles. The highest BCUT2D eigenvalue weighted by Crippen LogP contribution is 2.21. The van der Waals surface area contributed by atoms with E-state index in [0.29, 0.717) is 28.1 Å². The summed E-state index contributed by atoms with van der Waals surface area (Å²) in [5.41, 5.74) is 2.05. The van der Waals surface area contributed by atoms with Crippen LogP contribution < -0.4 is 5.32 Å². The van der Waals surface area contributed by atoms with Gasteiger partial charge in [0.05, 0.1) is 29.4 Å². The first kappa shape index (κ1) is 14.4. The number of nitrogens with zero attached hydrogens (tertiary/aromatic N) is 2. The molecule has 0 bridgehead atoms. The molecule has 0 aliphatic heterocycles. The fourth-order valence-electron chi connectivity index (χ4n) is 1.95. The Morgan fingerprint density at radius 1 is 1.55 bits per heavy atom. The maximum atomic E-state index is 12.2. The predicted molar refractivity (Wildman–Crippen MR) is 71.5 cm³/mol. The Hall–Kier alpha value is -1.99. The molecule has 1 atom stereocenters. The van der Waals surface area contributed by atoms with Gasteiger partial charge in [-0.2, -0.15) is 0 Å². The molecule has 0 saturated carbocycles. The third-order valence-corrected chi connectivity index (χ3v) is 2.85. The zero-order chi connectivity index (χ0) is 14.7. The number of aliphatic hydroxyl groups excluding tert-OH is 1. The van der Waals surface area contributed by atoms with E-state index < -0.39 is 6.10 Å². The lowest BCUT2D eigenvalue weighted by molar-refractivity contribution is 0.0610. The highest BCUT2D eigenvalue weighted by atomic mass is 16.5. The minimum atomic E-state index is -0.744. The van der Waals surface area contributed by atoms with Crippen molar-refractivity contribution in [3.05, 3.63) is 23.0 Å². The number of aliphatic hydroxyl groups is 1. The first-order valence-electron chi connectivity index (χ1n) is 6.21. The van der Waals surface area contributed by atoms with Crippen molar-refractivity contribution in [2.24, 2.45) is 0 Å². The zero-order valence-corrected chi connectivity index (χ0v) is 11.6. The summed E-state index contributed by atoms with van der Waals surface area (Å²) < 4.78 is 9.88. The van der Waals surface area contributed by atoms with Gasteiger partial charge in [0.1, 0.15) is 0 Å². The topological polar surface area (TPSA) is 97.5 Å². The summed E-state index contributed by atoms with van der Waals surface area (Å²) in [6.07, 6.45) is -0.744. The zero-order valence-electron chi connectivity index (χ0n) is 11.6. The van der Waals surface area contributed by atoms with Crippen LogP contribution in [-0.4, -0.2) is 47.5 Å². The number of carbonyl (C=O) groups is 1. The number of aryl methyl sites for hydroxylation is 2. The molecule has 0 radical (unpaired) electrons. The second-order valence-electron chi connectivity index (χ2n) is 4.58. The Balaban J connectivity index is 2.23. The number of hydrogen-bond donors (Lipinski definition) is 2. The largest absolute Gasteiger partial charge is 0.389 e. The van der Waals surface area contributed by atoms with Gasteiger partial charge in [-0.15, -0.1) is 0 Å². The van der Waals surface area contributed by atoms with Crippen LogP contribution in [0.1, 0.15) is 21.7 Å². The number of nitrogens with one attached hydrogen (secondary N) is 1. The fourth-order valence-corrected chi connectivity index (χ4v) is 1.95. The number of fused-ring (bicyclic) bond motifs is 1. The van der Waals surface area contributed by atoms with Crippen molar-refractivity contribution in [2.45, 2.75) is 20.0 Å². The van der Waals surface area contributed by atoms with Crippen LogP contribution in [0.25, 0.3) is 11.1 Å². The van der Waals surface area contributed by atoms with Gasteiger partial charge in [0.25, 0.3) is 11.6 Å². The van der Waals surface area contributed by atoms with Gasteiger partial charge in [-0.1, -0.05) is 5.16 Å². The number of ether oxygens (including phenoxy) is 1. The second-order valence-corrected chi connectivity index (χ2v) is 4.58. The van der Waals surface area contributed by atoms with Crippen LogP contribution in [0.2, 0.25) is 0 Å². The van der Waals surface area contributed by atoms with E-state index in [1.165, 1.54) is 7.11 Å². The Morgan fingerprint density at radius 3 is 3.00 bits per heavy atom. The molecule has 1 unspecified atom stereocenters. The molecule has 2 rings (SSSR count). The van der Waals surface area contributed by atoms with Crippen LogP contribution >= 0.6 is 0 Å². The molecule has 2 heterocycles. The summed E-state index contributed by atoms with van der Waals surface area (Å²) >= 11 is 0. The Kier molecular flexibility index (Phi) is 4.31. The number of carbonyl (C=O) groups excluding carboxylic acids is 1. The van der Waals surface area contributed by atoms with E-state index in [4.69, 9.17) is 9.26 Å². The van der Waals surface area contributed by atoms with Crippen molar-refractivity contribution in [3.63, 3.8) is 0 Å². The van der Waals surface area contributed by atoms with Crippen molar-refractivity contribution in [3.8, 4) is 0 Å². The molecule has 0 saturated heterocycles. The molecule has 0 aliphatic rings. The van der Waals surface area contributed by atoms with E-state index >= 15 is 0 Å². The molecule has 7 nitrogen and oxygen atoms in total.